The van der Waals surface area contributed by atoms with Gasteiger partial charge in [-0.1, -0.05) is 13.8 Å². The van der Waals surface area contributed by atoms with Crippen molar-refractivity contribution >= 4 is 21.8 Å². The minimum atomic E-state index is -0.332. The van der Waals surface area contributed by atoms with E-state index in [2.05, 4.69) is 21.2 Å². The van der Waals surface area contributed by atoms with Gasteiger partial charge in [-0.15, -0.1) is 0 Å². The van der Waals surface area contributed by atoms with Crippen LogP contribution in [0.3, 0.4) is 0 Å². The van der Waals surface area contributed by atoms with Gasteiger partial charge in [-0.3, -0.25) is 4.79 Å². The zero-order chi connectivity index (χ0) is 14.4. The Bertz CT molecular complexity index is 494. The fourth-order valence-corrected chi connectivity index (χ4v) is 2.87. The molecule has 1 amide bonds. The van der Waals surface area contributed by atoms with Crippen LogP contribution in [0.4, 0.5) is 0 Å². The highest BCUT2D eigenvalue weighted by Crippen LogP contribution is 2.40. The van der Waals surface area contributed by atoms with Crippen molar-refractivity contribution in [3.8, 4) is 0 Å². The van der Waals surface area contributed by atoms with Crippen molar-refractivity contribution in [3.63, 3.8) is 0 Å². The lowest BCUT2D eigenvalue weighted by Crippen LogP contribution is -2.61. The summed E-state index contributed by atoms with van der Waals surface area (Å²) in [5, 5.41) is 12.7. The average molecular weight is 329 g/mol. The van der Waals surface area contributed by atoms with E-state index in [0.29, 0.717) is 12.1 Å². The van der Waals surface area contributed by atoms with Crippen LogP contribution in [0.1, 0.15) is 50.6 Å². The molecule has 1 aromatic heterocycles. The van der Waals surface area contributed by atoms with Gasteiger partial charge in [0.05, 0.1) is 6.10 Å². The second kappa shape index (κ2) is 4.94. The number of carbonyl (C=O) groups is 1. The SMILES string of the molecule is CC(C)n1cc(Br)cc1C(=O)NC1CC(O)C1(C)C. The van der Waals surface area contributed by atoms with E-state index < -0.39 is 0 Å². The number of halogens is 1. The fraction of sp³-hybridized carbons (Fsp3) is 0.643. The van der Waals surface area contributed by atoms with Gasteiger partial charge >= 0.3 is 0 Å². The molecule has 2 unspecified atom stereocenters. The summed E-state index contributed by atoms with van der Waals surface area (Å²) in [6.45, 7) is 8.04. The van der Waals surface area contributed by atoms with Crippen LogP contribution in [0, 0.1) is 5.41 Å². The molecule has 1 saturated carbocycles. The van der Waals surface area contributed by atoms with Crippen LogP contribution < -0.4 is 5.32 Å². The lowest BCUT2D eigenvalue weighted by atomic mass is 9.64. The molecule has 106 valence electrons. The molecule has 0 aromatic carbocycles. The van der Waals surface area contributed by atoms with Crippen molar-refractivity contribution in [2.24, 2.45) is 5.41 Å². The van der Waals surface area contributed by atoms with Crippen molar-refractivity contribution in [2.75, 3.05) is 0 Å². The third kappa shape index (κ3) is 2.58. The summed E-state index contributed by atoms with van der Waals surface area (Å²) < 4.78 is 2.85. The number of amides is 1. The molecule has 2 rings (SSSR count). The number of nitrogens with zero attached hydrogens (tertiary/aromatic N) is 1. The predicted octanol–water partition coefficient (Wildman–Crippen LogP) is 2.72. The maximum Gasteiger partial charge on any atom is 0.268 e. The molecule has 5 heteroatoms. The summed E-state index contributed by atoms with van der Waals surface area (Å²) in [6.07, 6.45) is 2.21. The van der Waals surface area contributed by atoms with E-state index in [-0.39, 0.29) is 29.5 Å². The molecule has 0 aliphatic heterocycles. The van der Waals surface area contributed by atoms with E-state index in [1.807, 2.05) is 44.5 Å². The third-order valence-electron chi connectivity index (χ3n) is 4.13. The van der Waals surface area contributed by atoms with Crippen molar-refractivity contribution in [1.29, 1.82) is 0 Å². The number of aromatic nitrogens is 1. The first-order valence-electron chi connectivity index (χ1n) is 6.59. The number of aliphatic hydroxyl groups is 1. The highest BCUT2D eigenvalue weighted by molar-refractivity contribution is 9.10. The molecule has 0 spiro atoms. The van der Waals surface area contributed by atoms with Crippen LogP contribution in [0.25, 0.3) is 0 Å². The van der Waals surface area contributed by atoms with E-state index in [4.69, 9.17) is 0 Å². The molecule has 1 aliphatic carbocycles. The Morgan fingerprint density at radius 2 is 2.21 bits per heavy atom. The standard InChI is InChI=1S/C14H21BrN2O2/c1-8(2)17-7-9(15)5-10(17)13(19)16-11-6-12(18)14(11,3)4/h5,7-8,11-12,18H,6H2,1-4H3,(H,16,19). The van der Waals surface area contributed by atoms with Gasteiger partial charge < -0.3 is 15.0 Å². The maximum absolute atomic E-state index is 12.3. The first-order valence-corrected chi connectivity index (χ1v) is 7.39. The molecule has 19 heavy (non-hydrogen) atoms. The van der Waals surface area contributed by atoms with Crippen LogP contribution in [0.15, 0.2) is 16.7 Å². The number of hydrogen-bond donors (Lipinski definition) is 2. The minimum absolute atomic E-state index is 0.0317. The van der Waals surface area contributed by atoms with Crippen LogP contribution in [0.2, 0.25) is 0 Å². The van der Waals surface area contributed by atoms with Gasteiger partial charge in [0.1, 0.15) is 5.69 Å². The van der Waals surface area contributed by atoms with Crippen molar-refractivity contribution in [2.45, 2.75) is 52.3 Å². The Hall–Kier alpha value is -0.810. The highest BCUT2D eigenvalue weighted by atomic mass is 79.9. The molecule has 2 N–H and O–H groups in total. The van der Waals surface area contributed by atoms with Crippen LogP contribution in [0.5, 0.6) is 0 Å². The molecule has 1 aromatic rings. The Kier molecular flexibility index (Phi) is 3.80. The van der Waals surface area contributed by atoms with Gasteiger partial charge in [-0.05, 0) is 42.3 Å². The van der Waals surface area contributed by atoms with E-state index in [9.17, 15) is 9.90 Å². The fourth-order valence-electron chi connectivity index (χ4n) is 2.43. The topological polar surface area (TPSA) is 54.3 Å². The van der Waals surface area contributed by atoms with Crippen LogP contribution >= 0.6 is 15.9 Å². The van der Waals surface area contributed by atoms with E-state index >= 15 is 0 Å². The van der Waals surface area contributed by atoms with Gasteiger partial charge in [0, 0.05) is 28.2 Å². The number of hydrogen-bond acceptors (Lipinski definition) is 2. The summed E-state index contributed by atoms with van der Waals surface area (Å²) in [5.74, 6) is -0.0793. The van der Waals surface area contributed by atoms with Crippen molar-refractivity contribution in [3.05, 3.63) is 22.4 Å². The van der Waals surface area contributed by atoms with Crippen molar-refractivity contribution < 1.29 is 9.90 Å². The Balaban J connectivity index is 2.13. The van der Waals surface area contributed by atoms with Crippen LogP contribution in [-0.2, 0) is 0 Å². The second-order valence-corrected chi connectivity index (χ2v) is 7.06. The van der Waals surface area contributed by atoms with Crippen molar-refractivity contribution in [1.82, 2.24) is 9.88 Å². The predicted molar refractivity (Wildman–Crippen MR) is 78.2 cm³/mol. The largest absolute Gasteiger partial charge is 0.392 e. The Morgan fingerprint density at radius 1 is 1.58 bits per heavy atom. The molecule has 1 fully saturated rings. The Labute approximate surface area is 122 Å². The lowest BCUT2D eigenvalue weighted by Gasteiger charge is -2.49. The van der Waals surface area contributed by atoms with Gasteiger partial charge in [0.15, 0.2) is 0 Å². The van der Waals surface area contributed by atoms with Gasteiger partial charge in [0.25, 0.3) is 5.91 Å². The molecule has 4 nitrogen and oxygen atoms in total. The summed E-state index contributed by atoms with van der Waals surface area (Å²) in [5.41, 5.74) is 0.404. The summed E-state index contributed by atoms with van der Waals surface area (Å²) in [4.78, 5) is 12.3. The molecule has 0 bridgehead atoms. The molecular formula is C14H21BrN2O2. The van der Waals surface area contributed by atoms with E-state index in [0.717, 1.165) is 4.47 Å². The molecule has 0 saturated heterocycles. The van der Waals surface area contributed by atoms with Gasteiger partial charge in [-0.2, -0.15) is 0 Å². The summed E-state index contributed by atoms with van der Waals surface area (Å²) in [6, 6.07) is 2.09. The second-order valence-electron chi connectivity index (χ2n) is 6.14. The first-order chi connectivity index (χ1) is 8.73. The Morgan fingerprint density at radius 3 is 2.68 bits per heavy atom. The average Bonchev–Trinajstić information content (AvgIpc) is 2.71. The molecule has 2 atom stereocenters. The van der Waals surface area contributed by atoms with Crippen LogP contribution in [-0.4, -0.2) is 27.7 Å². The summed E-state index contributed by atoms with van der Waals surface area (Å²) in [7, 11) is 0. The number of rotatable bonds is 3. The van der Waals surface area contributed by atoms with E-state index in [1.165, 1.54) is 0 Å². The van der Waals surface area contributed by atoms with E-state index in [1.54, 1.807) is 0 Å². The monoisotopic (exact) mass is 328 g/mol. The van der Waals surface area contributed by atoms with Gasteiger partial charge in [0.2, 0.25) is 0 Å². The minimum Gasteiger partial charge on any atom is -0.392 e. The quantitative estimate of drug-likeness (QED) is 0.896. The number of nitrogens with one attached hydrogen (secondary N) is 1. The maximum atomic E-state index is 12.3. The molecule has 0 radical (unpaired) electrons. The summed E-state index contributed by atoms with van der Waals surface area (Å²) >= 11 is 3.41. The number of carbonyl (C=O) groups excluding carboxylic acids is 1. The first kappa shape index (κ1) is 14.6. The zero-order valence-corrected chi connectivity index (χ0v) is 13.4. The smallest absolute Gasteiger partial charge is 0.268 e. The third-order valence-corrected chi connectivity index (χ3v) is 4.56. The van der Waals surface area contributed by atoms with Gasteiger partial charge in [-0.25, -0.2) is 0 Å². The lowest BCUT2D eigenvalue weighted by molar-refractivity contribution is -0.0690. The normalized spacial score (nSPS) is 25.2. The molecular weight excluding hydrogens is 308 g/mol. The molecule has 1 heterocycles. The number of aliphatic hydroxyl groups excluding tert-OH is 1. The highest BCUT2D eigenvalue weighted by Gasteiger charge is 2.48. The zero-order valence-electron chi connectivity index (χ0n) is 11.8. The molecule has 1 aliphatic rings.